The fourth-order valence-electron chi connectivity index (χ4n) is 2.78. The van der Waals surface area contributed by atoms with Gasteiger partial charge in [0.2, 0.25) is 0 Å². The molecular formula is C13H15ClN2. The van der Waals surface area contributed by atoms with Crippen molar-refractivity contribution in [3.8, 4) is 0 Å². The van der Waals surface area contributed by atoms with Crippen LogP contribution in [0, 0.1) is 0 Å². The van der Waals surface area contributed by atoms with Crippen LogP contribution in [-0.2, 0) is 19.9 Å². The van der Waals surface area contributed by atoms with Gasteiger partial charge in [-0.05, 0) is 37.3 Å². The SMILES string of the molecule is Cn1c2c(c3cc(Cl)cnc31)CCCCC2. The maximum atomic E-state index is 6.04. The lowest BCUT2D eigenvalue weighted by Crippen LogP contribution is -1.97. The normalized spacial score (nSPS) is 16.1. The minimum absolute atomic E-state index is 0.741. The molecule has 0 aliphatic heterocycles. The highest BCUT2D eigenvalue weighted by atomic mass is 35.5. The summed E-state index contributed by atoms with van der Waals surface area (Å²) in [6.45, 7) is 0. The van der Waals surface area contributed by atoms with E-state index in [0.717, 1.165) is 10.7 Å². The number of pyridine rings is 1. The van der Waals surface area contributed by atoms with Crippen LogP contribution in [0.1, 0.15) is 30.5 Å². The molecule has 0 N–H and O–H groups in total. The van der Waals surface area contributed by atoms with Crippen LogP contribution >= 0.6 is 11.6 Å². The number of hydrogen-bond donors (Lipinski definition) is 0. The highest BCUT2D eigenvalue weighted by Gasteiger charge is 2.17. The van der Waals surface area contributed by atoms with Crippen molar-refractivity contribution in [3.05, 3.63) is 28.5 Å². The molecule has 84 valence electrons. The molecule has 16 heavy (non-hydrogen) atoms. The number of aromatic nitrogens is 2. The van der Waals surface area contributed by atoms with Gasteiger partial charge in [0.15, 0.2) is 0 Å². The third-order valence-electron chi connectivity index (χ3n) is 3.57. The van der Waals surface area contributed by atoms with Gasteiger partial charge in [0.1, 0.15) is 5.65 Å². The Morgan fingerprint density at radius 2 is 2.06 bits per heavy atom. The Labute approximate surface area is 100 Å². The van der Waals surface area contributed by atoms with Gasteiger partial charge in [0.05, 0.1) is 5.02 Å². The molecule has 1 aliphatic rings. The highest BCUT2D eigenvalue weighted by molar-refractivity contribution is 6.31. The number of rotatable bonds is 0. The van der Waals surface area contributed by atoms with Crippen molar-refractivity contribution < 1.29 is 0 Å². The van der Waals surface area contributed by atoms with Crippen molar-refractivity contribution in [1.82, 2.24) is 9.55 Å². The van der Waals surface area contributed by atoms with Gasteiger partial charge in [-0.1, -0.05) is 18.0 Å². The number of fused-ring (bicyclic) bond motifs is 3. The van der Waals surface area contributed by atoms with Gasteiger partial charge >= 0.3 is 0 Å². The van der Waals surface area contributed by atoms with Crippen molar-refractivity contribution in [2.45, 2.75) is 32.1 Å². The first-order valence-electron chi connectivity index (χ1n) is 5.89. The largest absolute Gasteiger partial charge is 0.332 e. The Bertz CT molecular complexity index is 542. The van der Waals surface area contributed by atoms with Gasteiger partial charge in [-0.15, -0.1) is 0 Å². The first-order chi connectivity index (χ1) is 7.77. The Morgan fingerprint density at radius 1 is 1.25 bits per heavy atom. The molecule has 0 bridgehead atoms. The zero-order chi connectivity index (χ0) is 11.1. The molecule has 0 saturated heterocycles. The molecule has 0 saturated carbocycles. The van der Waals surface area contributed by atoms with E-state index in [9.17, 15) is 0 Å². The van der Waals surface area contributed by atoms with Crippen LogP contribution < -0.4 is 0 Å². The molecule has 2 heterocycles. The Kier molecular flexibility index (Phi) is 2.40. The lowest BCUT2D eigenvalue weighted by atomic mass is 10.1. The second kappa shape index (κ2) is 3.77. The van der Waals surface area contributed by atoms with E-state index in [1.54, 1.807) is 6.20 Å². The molecule has 0 amide bonds. The van der Waals surface area contributed by atoms with Gasteiger partial charge in [-0.2, -0.15) is 0 Å². The fourth-order valence-corrected chi connectivity index (χ4v) is 2.93. The minimum atomic E-state index is 0.741. The molecular weight excluding hydrogens is 220 g/mol. The molecule has 0 unspecified atom stereocenters. The molecule has 0 spiro atoms. The summed E-state index contributed by atoms with van der Waals surface area (Å²) in [5.74, 6) is 0. The van der Waals surface area contributed by atoms with Crippen LogP contribution in [0.3, 0.4) is 0 Å². The molecule has 2 aromatic heterocycles. The summed E-state index contributed by atoms with van der Waals surface area (Å²) >= 11 is 6.04. The third-order valence-corrected chi connectivity index (χ3v) is 3.78. The van der Waals surface area contributed by atoms with Crippen molar-refractivity contribution in [3.63, 3.8) is 0 Å². The average molecular weight is 235 g/mol. The van der Waals surface area contributed by atoms with E-state index >= 15 is 0 Å². The maximum absolute atomic E-state index is 6.04. The molecule has 0 aromatic carbocycles. The van der Waals surface area contributed by atoms with Gasteiger partial charge in [0.25, 0.3) is 0 Å². The van der Waals surface area contributed by atoms with E-state index in [-0.39, 0.29) is 0 Å². The zero-order valence-electron chi connectivity index (χ0n) is 9.46. The van der Waals surface area contributed by atoms with E-state index in [2.05, 4.69) is 22.7 Å². The second-order valence-corrected chi connectivity index (χ2v) is 5.01. The molecule has 0 radical (unpaired) electrons. The highest BCUT2D eigenvalue weighted by Crippen LogP contribution is 2.30. The van der Waals surface area contributed by atoms with Crippen LogP contribution in [0.15, 0.2) is 12.3 Å². The fraction of sp³-hybridized carbons (Fsp3) is 0.462. The van der Waals surface area contributed by atoms with Crippen LogP contribution in [0.5, 0.6) is 0 Å². The van der Waals surface area contributed by atoms with Crippen molar-refractivity contribution in [1.29, 1.82) is 0 Å². The standard InChI is InChI=1S/C13H15ClN2/c1-16-12-6-4-2-3-5-10(12)11-7-9(14)8-15-13(11)16/h7-8H,2-6H2,1H3. The van der Waals surface area contributed by atoms with E-state index in [1.165, 1.54) is 48.7 Å². The number of nitrogens with zero attached hydrogens (tertiary/aromatic N) is 2. The van der Waals surface area contributed by atoms with E-state index < -0.39 is 0 Å². The van der Waals surface area contributed by atoms with Crippen LogP contribution in [0.4, 0.5) is 0 Å². The van der Waals surface area contributed by atoms with Crippen molar-refractivity contribution in [2.24, 2.45) is 7.05 Å². The van der Waals surface area contributed by atoms with Crippen LogP contribution in [-0.4, -0.2) is 9.55 Å². The Morgan fingerprint density at radius 3 is 2.94 bits per heavy atom. The van der Waals surface area contributed by atoms with Gasteiger partial charge in [0, 0.05) is 24.3 Å². The monoisotopic (exact) mass is 234 g/mol. The summed E-state index contributed by atoms with van der Waals surface area (Å²) < 4.78 is 2.24. The van der Waals surface area contributed by atoms with Gasteiger partial charge in [-0.25, -0.2) is 4.98 Å². The lowest BCUT2D eigenvalue weighted by Gasteiger charge is -2.02. The summed E-state index contributed by atoms with van der Waals surface area (Å²) in [6, 6.07) is 2.06. The van der Waals surface area contributed by atoms with E-state index in [0.29, 0.717) is 0 Å². The summed E-state index contributed by atoms with van der Waals surface area (Å²) in [4.78, 5) is 4.45. The second-order valence-electron chi connectivity index (χ2n) is 4.57. The first kappa shape index (κ1) is 10.2. The third kappa shape index (κ3) is 1.44. The predicted molar refractivity (Wildman–Crippen MR) is 67.0 cm³/mol. The summed E-state index contributed by atoms with van der Waals surface area (Å²) in [6.07, 6.45) is 8.02. The Balaban J connectivity index is 2.32. The summed E-state index contributed by atoms with van der Waals surface area (Å²) in [5.41, 5.74) is 4.02. The number of hydrogen-bond acceptors (Lipinski definition) is 1. The smallest absolute Gasteiger partial charge is 0.140 e. The molecule has 2 aromatic rings. The van der Waals surface area contributed by atoms with Crippen molar-refractivity contribution in [2.75, 3.05) is 0 Å². The zero-order valence-corrected chi connectivity index (χ0v) is 10.2. The minimum Gasteiger partial charge on any atom is -0.332 e. The van der Waals surface area contributed by atoms with Crippen LogP contribution in [0.2, 0.25) is 5.02 Å². The topological polar surface area (TPSA) is 17.8 Å². The quantitative estimate of drug-likeness (QED) is 0.638. The lowest BCUT2D eigenvalue weighted by molar-refractivity contribution is 0.697. The predicted octanol–water partition coefficient (Wildman–Crippen LogP) is 3.50. The summed E-state index contributed by atoms with van der Waals surface area (Å²) in [5, 5.41) is 2.00. The Hall–Kier alpha value is -1.02. The molecule has 0 fully saturated rings. The van der Waals surface area contributed by atoms with Gasteiger partial charge < -0.3 is 4.57 Å². The molecule has 2 nitrogen and oxygen atoms in total. The first-order valence-corrected chi connectivity index (χ1v) is 6.27. The molecule has 1 aliphatic carbocycles. The average Bonchev–Trinajstić information content (AvgIpc) is 2.47. The van der Waals surface area contributed by atoms with E-state index in [4.69, 9.17) is 11.6 Å². The van der Waals surface area contributed by atoms with Crippen molar-refractivity contribution >= 4 is 22.6 Å². The molecule has 3 heteroatoms. The number of halogens is 1. The summed E-state index contributed by atoms with van der Waals surface area (Å²) in [7, 11) is 2.12. The molecule has 3 rings (SSSR count). The number of aryl methyl sites for hydroxylation is 2. The maximum Gasteiger partial charge on any atom is 0.140 e. The van der Waals surface area contributed by atoms with E-state index in [1.807, 2.05) is 0 Å². The van der Waals surface area contributed by atoms with Gasteiger partial charge in [-0.3, -0.25) is 0 Å². The molecule has 0 atom stereocenters. The van der Waals surface area contributed by atoms with Crippen LogP contribution in [0.25, 0.3) is 11.0 Å².